The Balaban J connectivity index is 4.65. The molecule has 22 heavy (non-hydrogen) atoms. The molecule has 11 heteroatoms. The molecule has 0 saturated carbocycles. The molecular weight excluding hydrogens is 329 g/mol. The van der Waals surface area contributed by atoms with Crippen molar-refractivity contribution in [1.29, 1.82) is 0 Å². The number of alkyl halides is 7. The van der Waals surface area contributed by atoms with Crippen molar-refractivity contribution in [2.45, 2.75) is 24.6 Å². The minimum Gasteiger partial charge on any atom is -0.451 e. The Morgan fingerprint density at radius 2 is 1.73 bits per heavy atom. The Bertz CT molecular complexity index is 353. The molecule has 0 radical (unpaired) electrons. The van der Waals surface area contributed by atoms with Gasteiger partial charge in [-0.05, 0) is 0 Å². The first kappa shape index (κ1) is 20.6. The fraction of sp³-hybridized carbons (Fsp3) is 0.727. The molecule has 0 aromatic heterocycles. The van der Waals surface area contributed by atoms with Gasteiger partial charge in [0.05, 0.1) is 19.8 Å². The topological polar surface area (TPSA) is 44.8 Å². The van der Waals surface area contributed by atoms with E-state index in [2.05, 4.69) is 16.1 Å². The summed E-state index contributed by atoms with van der Waals surface area (Å²) in [7, 11) is 0. The van der Waals surface area contributed by atoms with Crippen LogP contribution in [0.15, 0.2) is 12.7 Å². The third kappa shape index (κ3) is 8.17. The molecule has 0 aliphatic heterocycles. The van der Waals surface area contributed by atoms with E-state index in [0.717, 1.165) is 0 Å². The maximum Gasteiger partial charge on any atom is 0.490 e. The van der Waals surface area contributed by atoms with Gasteiger partial charge >= 0.3 is 18.3 Å². The number of rotatable bonds is 9. The predicted molar refractivity (Wildman–Crippen MR) is 58.7 cm³/mol. The number of hydrogen-bond donors (Lipinski definition) is 0. The molecular formula is C11H13F7O4. The smallest absolute Gasteiger partial charge is 0.451 e. The van der Waals surface area contributed by atoms with E-state index < -0.39 is 50.4 Å². The minimum absolute atomic E-state index is 0.147. The lowest BCUT2D eigenvalue weighted by Gasteiger charge is -2.22. The molecule has 0 aliphatic rings. The summed E-state index contributed by atoms with van der Waals surface area (Å²) in [6, 6.07) is 0. The quantitative estimate of drug-likeness (QED) is 0.280. The van der Waals surface area contributed by atoms with Crippen LogP contribution in [-0.2, 0) is 19.0 Å². The summed E-state index contributed by atoms with van der Waals surface area (Å²) in [6.07, 6.45) is -13.8. The molecule has 0 aromatic carbocycles. The van der Waals surface area contributed by atoms with E-state index in [-0.39, 0.29) is 6.61 Å². The largest absolute Gasteiger partial charge is 0.490 e. The summed E-state index contributed by atoms with van der Waals surface area (Å²) < 4.78 is 97.7. The molecule has 0 fully saturated rings. The number of esters is 1. The highest BCUT2D eigenvalue weighted by Gasteiger charge is 2.44. The Morgan fingerprint density at radius 1 is 1.14 bits per heavy atom. The molecule has 0 rings (SSSR count). The molecule has 0 aliphatic carbocycles. The van der Waals surface area contributed by atoms with Gasteiger partial charge in [-0.15, -0.1) is 6.58 Å². The van der Waals surface area contributed by atoms with Crippen molar-refractivity contribution in [3.05, 3.63) is 12.7 Å². The minimum atomic E-state index is -5.33. The third-order valence-corrected chi connectivity index (χ3v) is 2.03. The monoisotopic (exact) mass is 342 g/mol. The molecule has 0 bridgehead atoms. The standard InChI is InChI=1S/C11H13F7O4/c1-2-3-20-5-7(22-9(19)11(16,17)18)6-21-8(4-12)10(13,14)15/h2,7-8H,1,3-6H2. The van der Waals surface area contributed by atoms with Crippen molar-refractivity contribution >= 4 is 5.97 Å². The van der Waals surface area contributed by atoms with Crippen LogP contribution in [0.4, 0.5) is 30.7 Å². The van der Waals surface area contributed by atoms with Gasteiger partial charge in [-0.3, -0.25) is 0 Å². The lowest BCUT2D eigenvalue weighted by Crippen LogP contribution is -2.40. The summed E-state index contributed by atoms with van der Waals surface area (Å²) in [6.45, 7) is -0.639. The zero-order chi connectivity index (χ0) is 17.4. The van der Waals surface area contributed by atoms with Gasteiger partial charge in [0, 0.05) is 0 Å². The van der Waals surface area contributed by atoms with Crippen molar-refractivity contribution < 1.29 is 49.7 Å². The first-order valence-electron chi connectivity index (χ1n) is 5.73. The number of ether oxygens (including phenoxy) is 3. The molecule has 0 saturated heterocycles. The van der Waals surface area contributed by atoms with Gasteiger partial charge in [0.25, 0.3) is 0 Å². The number of hydrogen-bond acceptors (Lipinski definition) is 4. The fourth-order valence-corrected chi connectivity index (χ4v) is 1.07. The zero-order valence-electron chi connectivity index (χ0n) is 11.0. The van der Waals surface area contributed by atoms with Crippen LogP contribution in [0.1, 0.15) is 0 Å². The third-order valence-electron chi connectivity index (χ3n) is 2.03. The van der Waals surface area contributed by atoms with Crippen molar-refractivity contribution in [2.24, 2.45) is 0 Å². The van der Waals surface area contributed by atoms with Crippen LogP contribution in [0.2, 0.25) is 0 Å². The molecule has 0 N–H and O–H groups in total. The van der Waals surface area contributed by atoms with Gasteiger partial charge in [-0.25, -0.2) is 9.18 Å². The molecule has 0 heterocycles. The maximum atomic E-state index is 12.2. The van der Waals surface area contributed by atoms with Gasteiger partial charge in [0.2, 0.25) is 0 Å². The maximum absolute atomic E-state index is 12.2. The van der Waals surface area contributed by atoms with E-state index in [1.807, 2.05) is 0 Å². The van der Waals surface area contributed by atoms with Crippen LogP contribution < -0.4 is 0 Å². The summed E-state index contributed by atoms with van der Waals surface area (Å²) in [5, 5.41) is 0. The second-order valence-electron chi connectivity index (χ2n) is 3.87. The highest BCUT2D eigenvalue weighted by Crippen LogP contribution is 2.24. The van der Waals surface area contributed by atoms with Crippen LogP contribution in [0.3, 0.4) is 0 Å². The van der Waals surface area contributed by atoms with Crippen molar-refractivity contribution in [2.75, 3.05) is 26.5 Å². The highest BCUT2D eigenvalue weighted by molar-refractivity contribution is 5.75. The molecule has 130 valence electrons. The van der Waals surface area contributed by atoms with Gasteiger partial charge in [-0.1, -0.05) is 6.08 Å². The van der Waals surface area contributed by atoms with Crippen LogP contribution in [0.25, 0.3) is 0 Å². The Morgan fingerprint density at radius 3 is 2.14 bits per heavy atom. The second-order valence-corrected chi connectivity index (χ2v) is 3.87. The number of carbonyl (C=O) groups is 1. The van der Waals surface area contributed by atoms with Gasteiger partial charge < -0.3 is 14.2 Å². The van der Waals surface area contributed by atoms with E-state index in [1.165, 1.54) is 6.08 Å². The molecule has 0 aromatic rings. The van der Waals surface area contributed by atoms with Gasteiger partial charge in [0.1, 0.15) is 12.8 Å². The van der Waals surface area contributed by atoms with Crippen LogP contribution in [0.5, 0.6) is 0 Å². The van der Waals surface area contributed by atoms with Crippen LogP contribution in [-0.4, -0.2) is 57.0 Å². The summed E-state index contributed by atoms with van der Waals surface area (Å²) in [4.78, 5) is 10.6. The van der Waals surface area contributed by atoms with Gasteiger partial charge in [-0.2, -0.15) is 26.3 Å². The molecule has 0 spiro atoms. The first-order valence-corrected chi connectivity index (χ1v) is 5.73. The highest BCUT2D eigenvalue weighted by atomic mass is 19.4. The average molecular weight is 342 g/mol. The average Bonchev–Trinajstić information content (AvgIpc) is 2.36. The van der Waals surface area contributed by atoms with Crippen molar-refractivity contribution in [3.63, 3.8) is 0 Å². The predicted octanol–water partition coefficient (Wildman–Crippen LogP) is 2.58. The zero-order valence-corrected chi connectivity index (χ0v) is 11.0. The lowest BCUT2D eigenvalue weighted by molar-refractivity contribution is -0.237. The van der Waals surface area contributed by atoms with E-state index in [0.29, 0.717) is 0 Å². The first-order chi connectivity index (χ1) is 10.0. The SMILES string of the molecule is C=CCOCC(COC(CF)C(F)(F)F)OC(=O)C(F)(F)F. The molecule has 0 amide bonds. The Hall–Kier alpha value is -1.36. The van der Waals surface area contributed by atoms with E-state index in [9.17, 15) is 35.5 Å². The second kappa shape index (κ2) is 8.93. The summed E-state index contributed by atoms with van der Waals surface area (Å²) in [5.74, 6) is -2.62. The van der Waals surface area contributed by atoms with Crippen molar-refractivity contribution in [1.82, 2.24) is 0 Å². The van der Waals surface area contributed by atoms with Gasteiger partial charge in [0.15, 0.2) is 6.10 Å². The molecule has 2 unspecified atom stereocenters. The molecule has 4 nitrogen and oxygen atoms in total. The molecule has 2 atom stereocenters. The Labute approximate surface area is 120 Å². The summed E-state index contributed by atoms with van der Waals surface area (Å²) in [5.41, 5.74) is 0. The van der Waals surface area contributed by atoms with E-state index in [4.69, 9.17) is 4.74 Å². The van der Waals surface area contributed by atoms with E-state index in [1.54, 1.807) is 0 Å². The Kier molecular flexibility index (Phi) is 8.38. The normalized spacial score (nSPS) is 15.2. The van der Waals surface area contributed by atoms with Crippen molar-refractivity contribution in [3.8, 4) is 0 Å². The number of halogens is 7. The van der Waals surface area contributed by atoms with Crippen LogP contribution >= 0.6 is 0 Å². The van der Waals surface area contributed by atoms with E-state index >= 15 is 0 Å². The fourth-order valence-electron chi connectivity index (χ4n) is 1.07. The lowest BCUT2D eigenvalue weighted by atomic mass is 10.3. The van der Waals surface area contributed by atoms with Crippen LogP contribution in [0, 0.1) is 0 Å². The number of carbonyl (C=O) groups excluding carboxylic acids is 1. The summed E-state index contributed by atoms with van der Waals surface area (Å²) >= 11 is 0.